The molecular weight excluding hydrogens is 274 g/mol. The molecule has 0 saturated heterocycles. The van der Waals surface area contributed by atoms with Crippen LogP contribution in [0.3, 0.4) is 0 Å². The largest absolute Gasteiger partial charge is 0.497 e. The molecule has 0 aromatic heterocycles. The lowest BCUT2D eigenvalue weighted by molar-refractivity contribution is 0.408. The van der Waals surface area contributed by atoms with Crippen LogP contribution in [0.15, 0.2) is 29.3 Å². The van der Waals surface area contributed by atoms with Gasteiger partial charge in [-0.1, -0.05) is 12.1 Å². The molecule has 0 atom stereocenters. The molecule has 2 aliphatic rings. The highest BCUT2D eigenvalue weighted by molar-refractivity contribution is 5.79. The van der Waals surface area contributed by atoms with Crippen LogP contribution in [0.5, 0.6) is 5.75 Å². The average Bonchev–Trinajstić information content (AvgIpc) is 3.41. The van der Waals surface area contributed by atoms with Crippen molar-refractivity contribution in [2.24, 2.45) is 16.3 Å². The Hall–Kier alpha value is -1.71. The molecule has 0 heterocycles. The van der Waals surface area contributed by atoms with Crippen LogP contribution in [0, 0.1) is 11.3 Å². The normalized spacial score (nSPS) is 19.7. The predicted octanol–water partition coefficient (Wildman–Crippen LogP) is 2.89. The van der Waals surface area contributed by atoms with Crippen molar-refractivity contribution in [3.05, 3.63) is 29.8 Å². The summed E-state index contributed by atoms with van der Waals surface area (Å²) in [6.45, 7) is 1.93. The third kappa shape index (κ3) is 3.37. The maximum atomic E-state index is 5.20. The second-order valence-electron chi connectivity index (χ2n) is 6.74. The molecule has 2 aliphatic carbocycles. The molecule has 120 valence electrons. The van der Waals surface area contributed by atoms with Gasteiger partial charge in [-0.3, -0.25) is 4.99 Å². The molecule has 1 aromatic rings. The molecule has 22 heavy (non-hydrogen) atoms. The van der Waals surface area contributed by atoms with Gasteiger partial charge in [0.15, 0.2) is 5.96 Å². The highest BCUT2D eigenvalue weighted by atomic mass is 16.5. The number of benzene rings is 1. The van der Waals surface area contributed by atoms with E-state index in [1.165, 1.54) is 31.2 Å². The fourth-order valence-electron chi connectivity index (χ4n) is 3.31. The Morgan fingerprint density at radius 1 is 1.32 bits per heavy atom. The maximum Gasteiger partial charge on any atom is 0.193 e. The van der Waals surface area contributed by atoms with E-state index in [0.29, 0.717) is 5.41 Å². The summed E-state index contributed by atoms with van der Waals surface area (Å²) < 4.78 is 5.20. The van der Waals surface area contributed by atoms with Gasteiger partial charge in [-0.25, -0.2) is 0 Å². The van der Waals surface area contributed by atoms with Gasteiger partial charge in [0.25, 0.3) is 0 Å². The van der Waals surface area contributed by atoms with E-state index in [9.17, 15) is 0 Å². The average molecular weight is 301 g/mol. The first-order valence-electron chi connectivity index (χ1n) is 8.21. The molecule has 4 nitrogen and oxygen atoms in total. The second-order valence-corrected chi connectivity index (χ2v) is 6.74. The molecule has 2 fully saturated rings. The zero-order valence-electron chi connectivity index (χ0n) is 13.9. The van der Waals surface area contributed by atoms with E-state index in [0.717, 1.165) is 30.7 Å². The van der Waals surface area contributed by atoms with Gasteiger partial charge in [-0.2, -0.15) is 0 Å². The van der Waals surface area contributed by atoms with E-state index >= 15 is 0 Å². The Kier molecular flexibility index (Phi) is 4.27. The smallest absolute Gasteiger partial charge is 0.193 e. The third-order valence-corrected chi connectivity index (χ3v) is 5.09. The van der Waals surface area contributed by atoms with Crippen molar-refractivity contribution in [2.75, 3.05) is 27.7 Å². The number of ether oxygens (including phenoxy) is 1. The minimum absolute atomic E-state index is 0.594. The topological polar surface area (TPSA) is 36.9 Å². The summed E-state index contributed by atoms with van der Waals surface area (Å²) >= 11 is 0. The zero-order valence-corrected chi connectivity index (χ0v) is 13.9. The van der Waals surface area contributed by atoms with Crippen LogP contribution in [-0.2, 0) is 6.54 Å². The summed E-state index contributed by atoms with van der Waals surface area (Å²) in [4.78, 5) is 6.62. The summed E-state index contributed by atoms with van der Waals surface area (Å²) in [5, 5.41) is 3.59. The Balaban J connectivity index is 1.53. The van der Waals surface area contributed by atoms with Crippen LogP contribution in [-0.4, -0.2) is 38.6 Å². The molecule has 4 heteroatoms. The van der Waals surface area contributed by atoms with Crippen LogP contribution < -0.4 is 10.1 Å². The lowest BCUT2D eigenvalue weighted by Crippen LogP contribution is -2.41. The Bertz CT molecular complexity index is 530. The highest BCUT2D eigenvalue weighted by Crippen LogP contribution is 2.60. The van der Waals surface area contributed by atoms with Gasteiger partial charge in [0, 0.05) is 27.2 Å². The van der Waals surface area contributed by atoms with E-state index in [1.54, 1.807) is 7.11 Å². The van der Waals surface area contributed by atoms with Gasteiger partial charge >= 0.3 is 0 Å². The molecule has 0 aliphatic heterocycles. The van der Waals surface area contributed by atoms with Crippen molar-refractivity contribution in [3.63, 3.8) is 0 Å². The summed E-state index contributed by atoms with van der Waals surface area (Å²) in [6, 6.07) is 8.22. The van der Waals surface area contributed by atoms with Crippen molar-refractivity contribution in [3.8, 4) is 5.75 Å². The summed E-state index contributed by atoms with van der Waals surface area (Å²) in [5.41, 5.74) is 1.85. The Morgan fingerprint density at radius 3 is 2.50 bits per heavy atom. The van der Waals surface area contributed by atoms with Crippen molar-refractivity contribution in [2.45, 2.75) is 32.2 Å². The molecule has 1 N–H and O–H groups in total. The van der Waals surface area contributed by atoms with E-state index in [1.807, 2.05) is 19.2 Å². The molecule has 0 spiro atoms. The number of hydrogen-bond acceptors (Lipinski definition) is 2. The van der Waals surface area contributed by atoms with Crippen LogP contribution in [0.2, 0.25) is 0 Å². The standard InChI is InChI=1S/C18H27N3O/c1-19-17(20-13-18(10-11-18)15-6-7-15)21(2)12-14-4-8-16(22-3)9-5-14/h4-5,8-9,15H,6-7,10-13H2,1-3H3,(H,19,20). The SMILES string of the molecule is CN=C(NCC1(C2CC2)CC1)N(C)Cc1ccc(OC)cc1. The van der Waals surface area contributed by atoms with Crippen molar-refractivity contribution in [1.29, 1.82) is 0 Å². The van der Waals surface area contributed by atoms with Crippen molar-refractivity contribution < 1.29 is 4.74 Å². The quantitative estimate of drug-likeness (QED) is 0.648. The second kappa shape index (κ2) is 6.19. The number of methoxy groups -OCH3 is 1. The molecule has 2 saturated carbocycles. The van der Waals surface area contributed by atoms with E-state index < -0.39 is 0 Å². The molecule has 1 aromatic carbocycles. The van der Waals surface area contributed by atoms with Gasteiger partial charge in [-0.15, -0.1) is 0 Å². The first-order chi connectivity index (χ1) is 10.7. The van der Waals surface area contributed by atoms with Gasteiger partial charge < -0.3 is 15.0 Å². The molecular formula is C18H27N3O. The zero-order chi connectivity index (χ0) is 15.6. The molecule has 0 radical (unpaired) electrons. The molecule has 0 amide bonds. The highest BCUT2D eigenvalue weighted by Gasteiger charge is 2.53. The maximum absolute atomic E-state index is 5.20. The fourth-order valence-corrected chi connectivity index (χ4v) is 3.31. The fraction of sp³-hybridized carbons (Fsp3) is 0.611. The van der Waals surface area contributed by atoms with Crippen LogP contribution in [0.1, 0.15) is 31.2 Å². The summed E-state index contributed by atoms with van der Waals surface area (Å²) in [6.07, 6.45) is 5.65. The van der Waals surface area contributed by atoms with Gasteiger partial charge in [0.1, 0.15) is 5.75 Å². The minimum Gasteiger partial charge on any atom is -0.497 e. The Labute approximate surface area is 133 Å². The van der Waals surface area contributed by atoms with Gasteiger partial charge in [-0.05, 0) is 54.7 Å². The number of nitrogens with zero attached hydrogens (tertiary/aromatic N) is 2. The van der Waals surface area contributed by atoms with Crippen LogP contribution >= 0.6 is 0 Å². The molecule has 0 unspecified atom stereocenters. The van der Waals surface area contributed by atoms with E-state index in [4.69, 9.17) is 4.74 Å². The third-order valence-electron chi connectivity index (χ3n) is 5.09. The van der Waals surface area contributed by atoms with Crippen molar-refractivity contribution in [1.82, 2.24) is 10.2 Å². The monoisotopic (exact) mass is 301 g/mol. The van der Waals surface area contributed by atoms with E-state index in [-0.39, 0.29) is 0 Å². The summed E-state index contributed by atoms with van der Waals surface area (Å²) in [7, 11) is 5.65. The van der Waals surface area contributed by atoms with E-state index in [2.05, 4.69) is 34.4 Å². The number of guanidine groups is 1. The number of rotatable bonds is 6. The first kappa shape index (κ1) is 15.2. The number of nitrogens with one attached hydrogen (secondary N) is 1. The number of aliphatic imine (C=N–C) groups is 1. The molecule has 3 rings (SSSR count). The first-order valence-corrected chi connectivity index (χ1v) is 8.21. The lowest BCUT2D eigenvalue weighted by Gasteiger charge is -2.24. The van der Waals surface area contributed by atoms with Crippen molar-refractivity contribution >= 4 is 5.96 Å². The minimum atomic E-state index is 0.594. The summed E-state index contributed by atoms with van der Waals surface area (Å²) in [5.74, 6) is 2.86. The van der Waals surface area contributed by atoms with Gasteiger partial charge in [0.2, 0.25) is 0 Å². The predicted molar refractivity (Wildman–Crippen MR) is 90.2 cm³/mol. The Morgan fingerprint density at radius 2 is 2.00 bits per heavy atom. The molecule has 0 bridgehead atoms. The van der Waals surface area contributed by atoms with Crippen LogP contribution in [0.4, 0.5) is 0 Å². The van der Waals surface area contributed by atoms with Gasteiger partial charge in [0.05, 0.1) is 7.11 Å². The number of hydrogen-bond donors (Lipinski definition) is 1. The van der Waals surface area contributed by atoms with Crippen LogP contribution in [0.25, 0.3) is 0 Å². The lowest BCUT2D eigenvalue weighted by atomic mass is 10.0.